The van der Waals surface area contributed by atoms with Crippen molar-refractivity contribution in [2.45, 2.75) is 18.9 Å². The molecule has 122 valence electrons. The van der Waals surface area contributed by atoms with Gasteiger partial charge in [0.25, 0.3) is 0 Å². The van der Waals surface area contributed by atoms with Gasteiger partial charge in [0.1, 0.15) is 0 Å². The van der Waals surface area contributed by atoms with Crippen molar-refractivity contribution in [1.82, 2.24) is 4.90 Å². The Morgan fingerprint density at radius 3 is 2.74 bits per heavy atom. The molecule has 0 bridgehead atoms. The number of aliphatic hydroxyl groups is 1. The standard InChI is InChI=1S/C19H23ClN2O/c1-21(2)10-5-11-22-17-7-4-3-6-14(17)12-19(23)16-9-8-15(20)13-18(16)22/h3-4,6-9,13,19,23H,5,10-12H2,1-2H3. The van der Waals surface area contributed by atoms with Gasteiger partial charge in [-0.3, -0.25) is 0 Å². The Hall–Kier alpha value is -1.55. The van der Waals surface area contributed by atoms with E-state index >= 15 is 0 Å². The first-order valence-electron chi connectivity index (χ1n) is 8.04. The molecule has 0 saturated heterocycles. The summed E-state index contributed by atoms with van der Waals surface area (Å²) in [5.41, 5.74) is 4.33. The van der Waals surface area contributed by atoms with Crippen molar-refractivity contribution in [2.24, 2.45) is 0 Å². The number of anilines is 2. The fourth-order valence-electron chi connectivity index (χ4n) is 3.21. The van der Waals surface area contributed by atoms with E-state index in [2.05, 4.69) is 42.1 Å². The minimum Gasteiger partial charge on any atom is -0.388 e. The van der Waals surface area contributed by atoms with Crippen molar-refractivity contribution in [2.75, 3.05) is 32.1 Å². The van der Waals surface area contributed by atoms with Crippen LogP contribution in [-0.4, -0.2) is 37.2 Å². The molecule has 1 aliphatic heterocycles. The predicted octanol–water partition coefficient (Wildman–Crippen LogP) is 4.02. The number of rotatable bonds is 4. The number of para-hydroxylation sites is 1. The van der Waals surface area contributed by atoms with Crippen molar-refractivity contribution in [3.8, 4) is 0 Å². The summed E-state index contributed by atoms with van der Waals surface area (Å²) in [6.45, 7) is 1.92. The van der Waals surface area contributed by atoms with E-state index in [1.165, 1.54) is 11.3 Å². The first-order valence-corrected chi connectivity index (χ1v) is 8.42. The zero-order chi connectivity index (χ0) is 16.4. The maximum atomic E-state index is 10.6. The number of aliphatic hydroxyl groups excluding tert-OH is 1. The summed E-state index contributed by atoms with van der Waals surface area (Å²) in [4.78, 5) is 4.49. The monoisotopic (exact) mass is 330 g/mol. The Balaban J connectivity index is 2.04. The van der Waals surface area contributed by atoms with Crippen LogP contribution >= 0.6 is 11.6 Å². The lowest BCUT2D eigenvalue weighted by atomic mass is 10.0. The summed E-state index contributed by atoms with van der Waals surface area (Å²) < 4.78 is 0. The molecule has 3 nitrogen and oxygen atoms in total. The highest BCUT2D eigenvalue weighted by atomic mass is 35.5. The minimum absolute atomic E-state index is 0.498. The number of halogens is 1. The number of fused-ring (bicyclic) bond motifs is 2. The van der Waals surface area contributed by atoms with Crippen molar-refractivity contribution in [3.63, 3.8) is 0 Å². The van der Waals surface area contributed by atoms with Crippen LogP contribution in [0.5, 0.6) is 0 Å². The van der Waals surface area contributed by atoms with E-state index in [0.29, 0.717) is 11.4 Å². The maximum absolute atomic E-state index is 10.6. The number of hydrogen-bond donors (Lipinski definition) is 1. The average molecular weight is 331 g/mol. The molecule has 23 heavy (non-hydrogen) atoms. The molecule has 0 spiro atoms. The van der Waals surface area contributed by atoms with Gasteiger partial charge in [0, 0.05) is 34.9 Å². The maximum Gasteiger partial charge on any atom is 0.0851 e. The molecule has 0 amide bonds. The molecule has 1 atom stereocenters. The van der Waals surface area contributed by atoms with E-state index in [4.69, 9.17) is 11.6 Å². The van der Waals surface area contributed by atoms with Gasteiger partial charge in [-0.25, -0.2) is 0 Å². The van der Waals surface area contributed by atoms with Gasteiger partial charge in [-0.15, -0.1) is 0 Å². The van der Waals surface area contributed by atoms with Gasteiger partial charge in [0.05, 0.1) is 6.10 Å². The second-order valence-electron chi connectivity index (χ2n) is 6.36. The van der Waals surface area contributed by atoms with Gasteiger partial charge in [-0.05, 0) is 50.8 Å². The Morgan fingerprint density at radius 2 is 1.96 bits per heavy atom. The number of hydrogen-bond acceptors (Lipinski definition) is 3. The molecule has 2 aromatic rings. The molecule has 0 aromatic heterocycles. The van der Waals surface area contributed by atoms with Crippen LogP contribution in [0, 0.1) is 0 Å². The Kier molecular flexibility index (Phi) is 4.90. The predicted molar refractivity (Wildman–Crippen MR) is 96.7 cm³/mol. The first kappa shape index (κ1) is 16.3. The Bertz CT molecular complexity index is 687. The zero-order valence-electron chi connectivity index (χ0n) is 13.7. The third-order valence-electron chi connectivity index (χ3n) is 4.32. The first-order chi connectivity index (χ1) is 11.1. The van der Waals surface area contributed by atoms with Crippen LogP contribution in [0.2, 0.25) is 5.02 Å². The summed E-state index contributed by atoms with van der Waals surface area (Å²) in [5.74, 6) is 0. The van der Waals surface area contributed by atoms with E-state index in [1.807, 2.05) is 24.3 Å². The van der Waals surface area contributed by atoms with Crippen molar-refractivity contribution < 1.29 is 5.11 Å². The van der Waals surface area contributed by atoms with Crippen LogP contribution in [0.3, 0.4) is 0 Å². The molecule has 1 N–H and O–H groups in total. The van der Waals surface area contributed by atoms with E-state index in [1.54, 1.807) is 0 Å². The minimum atomic E-state index is -0.498. The van der Waals surface area contributed by atoms with E-state index in [-0.39, 0.29) is 0 Å². The topological polar surface area (TPSA) is 26.7 Å². The van der Waals surface area contributed by atoms with Crippen LogP contribution in [0.15, 0.2) is 42.5 Å². The molecule has 2 aromatic carbocycles. The molecule has 0 fully saturated rings. The fraction of sp³-hybridized carbons (Fsp3) is 0.368. The van der Waals surface area contributed by atoms with E-state index < -0.39 is 6.10 Å². The molecule has 0 aliphatic carbocycles. The SMILES string of the molecule is CN(C)CCCN1c2ccccc2CC(O)c2ccc(Cl)cc21. The van der Waals surface area contributed by atoms with Crippen molar-refractivity contribution in [3.05, 3.63) is 58.6 Å². The Morgan fingerprint density at radius 1 is 1.17 bits per heavy atom. The van der Waals surface area contributed by atoms with Crippen LogP contribution in [0.1, 0.15) is 23.7 Å². The van der Waals surface area contributed by atoms with Gasteiger partial charge in [0.15, 0.2) is 0 Å². The number of benzene rings is 2. The van der Waals surface area contributed by atoms with E-state index in [0.717, 1.165) is 30.8 Å². The largest absolute Gasteiger partial charge is 0.388 e. The molecular formula is C19H23ClN2O. The smallest absolute Gasteiger partial charge is 0.0851 e. The highest BCUT2D eigenvalue weighted by Gasteiger charge is 2.25. The number of nitrogens with zero attached hydrogens (tertiary/aromatic N) is 2. The van der Waals surface area contributed by atoms with Gasteiger partial charge >= 0.3 is 0 Å². The summed E-state index contributed by atoms with van der Waals surface area (Å²) in [5, 5.41) is 11.3. The normalized spacial score (nSPS) is 16.9. The lowest BCUT2D eigenvalue weighted by Crippen LogP contribution is -2.24. The van der Waals surface area contributed by atoms with Crippen molar-refractivity contribution in [1.29, 1.82) is 0 Å². The molecule has 0 radical (unpaired) electrons. The lowest BCUT2D eigenvalue weighted by molar-refractivity contribution is 0.180. The second-order valence-corrected chi connectivity index (χ2v) is 6.80. The lowest BCUT2D eigenvalue weighted by Gasteiger charge is -2.28. The molecule has 0 saturated carbocycles. The summed E-state index contributed by atoms with van der Waals surface area (Å²) >= 11 is 6.24. The second kappa shape index (κ2) is 6.91. The molecule has 1 unspecified atom stereocenters. The Labute approximate surface area is 143 Å². The zero-order valence-corrected chi connectivity index (χ0v) is 14.4. The van der Waals surface area contributed by atoms with E-state index in [9.17, 15) is 5.11 Å². The quantitative estimate of drug-likeness (QED) is 0.917. The summed E-state index contributed by atoms with van der Waals surface area (Å²) in [6, 6.07) is 14.1. The van der Waals surface area contributed by atoms with Gasteiger partial charge in [0.2, 0.25) is 0 Å². The van der Waals surface area contributed by atoms with Crippen LogP contribution in [0.4, 0.5) is 11.4 Å². The highest BCUT2D eigenvalue weighted by Crippen LogP contribution is 2.41. The average Bonchev–Trinajstić information content (AvgIpc) is 2.62. The summed E-state index contributed by atoms with van der Waals surface area (Å²) in [6.07, 6.45) is 1.18. The third-order valence-corrected chi connectivity index (χ3v) is 4.56. The fourth-order valence-corrected chi connectivity index (χ4v) is 3.38. The molecular weight excluding hydrogens is 308 g/mol. The van der Waals surface area contributed by atoms with Crippen LogP contribution in [0.25, 0.3) is 0 Å². The van der Waals surface area contributed by atoms with Crippen molar-refractivity contribution >= 4 is 23.0 Å². The molecule has 4 heteroatoms. The van der Waals surface area contributed by atoms with Gasteiger partial charge < -0.3 is 14.9 Å². The van der Waals surface area contributed by atoms with Gasteiger partial charge in [-0.2, -0.15) is 0 Å². The molecule has 3 rings (SSSR count). The summed E-state index contributed by atoms with van der Waals surface area (Å²) in [7, 11) is 4.18. The third kappa shape index (κ3) is 3.52. The van der Waals surface area contributed by atoms with Gasteiger partial charge in [-0.1, -0.05) is 35.9 Å². The van der Waals surface area contributed by atoms with Crippen LogP contribution < -0.4 is 4.90 Å². The highest BCUT2D eigenvalue weighted by molar-refractivity contribution is 6.30. The molecule has 1 heterocycles. The van der Waals surface area contributed by atoms with Crippen LogP contribution in [-0.2, 0) is 6.42 Å². The molecule has 1 aliphatic rings.